The first kappa shape index (κ1) is 10.6. The fraction of sp³-hybridized carbons (Fsp3) is 0.714. The van der Waals surface area contributed by atoms with Crippen molar-refractivity contribution in [1.29, 1.82) is 0 Å². The maximum Gasteiger partial charge on any atom is 0.115 e. The van der Waals surface area contributed by atoms with Gasteiger partial charge in [0, 0.05) is 19.7 Å². The van der Waals surface area contributed by atoms with Crippen LogP contribution in [0.25, 0.3) is 0 Å². The van der Waals surface area contributed by atoms with Crippen molar-refractivity contribution in [3.63, 3.8) is 0 Å². The SMILES string of the molecule is COC(C)C/C=N/C=N\CCl. The van der Waals surface area contributed by atoms with Crippen LogP contribution in [-0.4, -0.2) is 31.8 Å². The molecule has 0 radical (unpaired) electrons. The minimum absolute atomic E-state index is 0.211. The largest absolute Gasteiger partial charge is 0.381 e. The molecule has 0 rings (SSSR count). The number of halogens is 1. The zero-order chi connectivity index (χ0) is 8.53. The third-order valence-electron chi connectivity index (χ3n) is 1.16. The minimum atomic E-state index is 0.211. The van der Waals surface area contributed by atoms with E-state index in [2.05, 4.69) is 9.98 Å². The van der Waals surface area contributed by atoms with Crippen molar-refractivity contribution in [2.24, 2.45) is 9.98 Å². The number of alkyl halides is 1. The number of hydrogen-bond donors (Lipinski definition) is 0. The number of ether oxygens (including phenoxy) is 1. The van der Waals surface area contributed by atoms with Gasteiger partial charge in [0.15, 0.2) is 0 Å². The third kappa shape index (κ3) is 7.49. The maximum absolute atomic E-state index is 5.27. The summed E-state index contributed by atoms with van der Waals surface area (Å²) < 4.78 is 4.99. The molecule has 0 aromatic heterocycles. The van der Waals surface area contributed by atoms with E-state index >= 15 is 0 Å². The van der Waals surface area contributed by atoms with Crippen LogP contribution in [0, 0.1) is 0 Å². The highest BCUT2D eigenvalue weighted by Gasteiger charge is 1.92. The Morgan fingerprint density at radius 3 is 2.91 bits per heavy atom. The van der Waals surface area contributed by atoms with Gasteiger partial charge in [-0.05, 0) is 6.92 Å². The highest BCUT2D eigenvalue weighted by Crippen LogP contribution is 1.90. The molecule has 1 atom stereocenters. The minimum Gasteiger partial charge on any atom is -0.381 e. The first-order valence-corrected chi connectivity index (χ1v) is 3.93. The Bertz CT molecular complexity index is 136. The Morgan fingerprint density at radius 2 is 2.36 bits per heavy atom. The molecule has 0 heterocycles. The summed E-state index contributed by atoms with van der Waals surface area (Å²) in [7, 11) is 1.67. The predicted molar refractivity (Wildman–Crippen MR) is 48.8 cm³/mol. The molecule has 1 unspecified atom stereocenters. The highest BCUT2D eigenvalue weighted by molar-refractivity contribution is 6.18. The summed E-state index contributed by atoms with van der Waals surface area (Å²) in [5.74, 6) is 0. The lowest BCUT2D eigenvalue weighted by molar-refractivity contribution is 0.125. The molecule has 0 fully saturated rings. The molecule has 0 aliphatic rings. The Hall–Kier alpha value is -0.410. The Kier molecular flexibility index (Phi) is 7.41. The van der Waals surface area contributed by atoms with Crippen molar-refractivity contribution in [2.45, 2.75) is 19.4 Å². The highest BCUT2D eigenvalue weighted by atomic mass is 35.5. The zero-order valence-corrected chi connectivity index (χ0v) is 7.58. The summed E-state index contributed by atoms with van der Waals surface area (Å²) >= 11 is 5.27. The number of hydrogen-bond acceptors (Lipinski definition) is 2. The topological polar surface area (TPSA) is 34.0 Å². The van der Waals surface area contributed by atoms with Gasteiger partial charge in [0.2, 0.25) is 0 Å². The molecule has 0 saturated carbocycles. The van der Waals surface area contributed by atoms with Crippen LogP contribution < -0.4 is 0 Å². The molecule has 0 aliphatic heterocycles. The van der Waals surface area contributed by atoms with Gasteiger partial charge in [0.25, 0.3) is 0 Å². The lowest BCUT2D eigenvalue weighted by atomic mass is 10.3. The van der Waals surface area contributed by atoms with Crippen molar-refractivity contribution in [3.05, 3.63) is 0 Å². The molecular formula is C7H13ClN2O. The smallest absolute Gasteiger partial charge is 0.115 e. The molecule has 0 amide bonds. The summed E-state index contributed by atoms with van der Waals surface area (Å²) in [5, 5.41) is 0. The molecule has 11 heavy (non-hydrogen) atoms. The standard InChI is InChI=1S/C7H13ClN2O/c1-7(11-2)3-4-9-6-10-5-8/h4,6-7H,3,5H2,1-2H3/b9-4+,10-6-. The van der Waals surface area contributed by atoms with Crippen LogP contribution >= 0.6 is 11.6 Å². The van der Waals surface area contributed by atoms with E-state index < -0.39 is 0 Å². The van der Waals surface area contributed by atoms with Crippen molar-refractivity contribution in [1.82, 2.24) is 0 Å². The van der Waals surface area contributed by atoms with E-state index in [1.54, 1.807) is 13.3 Å². The van der Waals surface area contributed by atoms with E-state index in [4.69, 9.17) is 16.3 Å². The molecule has 0 spiro atoms. The maximum atomic E-state index is 5.27. The van der Waals surface area contributed by atoms with Crippen LogP contribution in [0.4, 0.5) is 0 Å². The average molecular weight is 177 g/mol. The summed E-state index contributed by atoms with van der Waals surface area (Å²) in [5.41, 5.74) is 0. The van der Waals surface area contributed by atoms with Crippen molar-refractivity contribution in [3.8, 4) is 0 Å². The second kappa shape index (κ2) is 7.69. The predicted octanol–water partition coefficient (Wildman–Crippen LogP) is 1.71. The summed E-state index contributed by atoms with van der Waals surface area (Å²) in [6.45, 7) is 1.98. The zero-order valence-electron chi connectivity index (χ0n) is 6.83. The van der Waals surface area contributed by atoms with Crippen LogP contribution in [-0.2, 0) is 4.74 Å². The van der Waals surface area contributed by atoms with Crippen LogP contribution in [0.1, 0.15) is 13.3 Å². The van der Waals surface area contributed by atoms with E-state index in [-0.39, 0.29) is 12.1 Å². The molecular weight excluding hydrogens is 164 g/mol. The van der Waals surface area contributed by atoms with Gasteiger partial charge in [-0.1, -0.05) is 0 Å². The number of methoxy groups -OCH3 is 1. The van der Waals surface area contributed by atoms with Gasteiger partial charge in [-0.15, -0.1) is 11.6 Å². The fourth-order valence-electron chi connectivity index (χ4n) is 0.431. The summed E-state index contributed by atoms with van der Waals surface area (Å²) in [6.07, 6.45) is 4.20. The molecule has 0 aromatic rings. The van der Waals surface area contributed by atoms with Gasteiger partial charge in [-0.25, -0.2) is 4.99 Å². The van der Waals surface area contributed by atoms with E-state index in [0.29, 0.717) is 0 Å². The van der Waals surface area contributed by atoms with Gasteiger partial charge in [-0.3, -0.25) is 4.99 Å². The second-order valence-electron chi connectivity index (χ2n) is 2.03. The monoisotopic (exact) mass is 176 g/mol. The van der Waals surface area contributed by atoms with Gasteiger partial charge >= 0.3 is 0 Å². The molecule has 0 saturated heterocycles. The molecule has 0 bridgehead atoms. The number of aliphatic imine (C=N–C) groups is 2. The van der Waals surface area contributed by atoms with Crippen LogP contribution in [0.3, 0.4) is 0 Å². The lowest BCUT2D eigenvalue weighted by Crippen LogP contribution is -2.04. The molecule has 4 heteroatoms. The first-order valence-electron chi connectivity index (χ1n) is 3.40. The Morgan fingerprint density at radius 1 is 1.64 bits per heavy atom. The van der Waals surface area contributed by atoms with Gasteiger partial charge in [0.05, 0.1) is 6.10 Å². The van der Waals surface area contributed by atoms with Gasteiger partial charge in [0.1, 0.15) is 12.3 Å². The molecule has 64 valence electrons. The molecule has 0 aliphatic carbocycles. The normalized spacial score (nSPS) is 14.8. The molecule has 0 aromatic carbocycles. The Labute approximate surface area is 72.1 Å². The Balaban J connectivity index is 3.36. The number of nitrogens with zero attached hydrogens (tertiary/aromatic N) is 2. The molecule has 0 N–H and O–H groups in total. The van der Waals surface area contributed by atoms with E-state index in [9.17, 15) is 0 Å². The van der Waals surface area contributed by atoms with Gasteiger partial charge in [-0.2, -0.15) is 0 Å². The van der Waals surface area contributed by atoms with Gasteiger partial charge < -0.3 is 4.74 Å². The van der Waals surface area contributed by atoms with Crippen molar-refractivity contribution >= 4 is 24.2 Å². The lowest BCUT2D eigenvalue weighted by Gasteiger charge is -2.02. The average Bonchev–Trinajstić information content (AvgIpc) is 2.04. The number of rotatable bonds is 5. The summed E-state index contributed by atoms with van der Waals surface area (Å²) in [4.78, 5) is 7.56. The van der Waals surface area contributed by atoms with Crippen molar-refractivity contribution in [2.75, 3.05) is 13.1 Å². The molecule has 3 nitrogen and oxygen atoms in total. The quantitative estimate of drug-likeness (QED) is 0.272. The van der Waals surface area contributed by atoms with E-state index in [0.717, 1.165) is 6.42 Å². The van der Waals surface area contributed by atoms with Crippen LogP contribution in [0.2, 0.25) is 0 Å². The van der Waals surface area contributed by atoms with E-state index in [1.807, 2.05) is 6.92 Å². The first-order chi connectivity index (χ1) is 5.31. The van der Waals surface area contributed by atoms with Crippen LogP contribution in [0.5, 0.6) is 0 Å². The van der Waals surface area contributed by atoms with E-state index in [1.165, 1.54) is 6.34 Å². The van der Waals surface area contributed by atoms with Crippen LogP contribution in [0.15, 0.2) is 9.98 Å². The third-order valence-corrected chi connectivity index (χ3v) is 1.30. The fourth-order valence-corrected chi connectivity index (χ4v) is 0.492. The van der Waals surface area contributed by atoms with Crippen molar-refractivity contribution < 1.29 is 4.74 Å². The second-order valence-corrected chi connectivity index (χ2v) is 2.27. The summed E-state index contributed by atoms with van der Waals surface area (Å²) in [6, 6.07) is 0.261.